The lowest BCUT2D eigenvalue weighted by Crippen LogP contribution is -2.33. The zero-order chi connectivity index (χ0) is 13.3. The van der Waals surface area contributed by atoms with Crippen molar-refractivity contribution in [3.8, 4) is 0 Å². The molecule has 3 N–H and O–H groups in total. The van der Waals surface area contributed by atoms with Crippen molar-refractivity contribution in [1.82, 2.24) is 4.90 Å². The van der Waals surface area contributed by atoms with Gasteiger partial charge in [0.25, 0.3) is 0 Å². The van der Waals surface area contributed by atoms with E-state index in [2.05, 4.69) is 23.9 Å². The SMILES string of the molecule is CCCN(CCC)CCCC(C)(C)C(N)=NO. The van der Waals surface area contributed by atoms with Crippen LogP contribution < -0.4 is 5.73 Å². The molecular formula is C13H29N3O. The van der Waals surface area contributed by atoms with E-state index in [0.29, 0.717) is 5.84 Å². The zero-order valence-corrected chi connectivity index (χ0v) is 11.9. The second-order valence-corrected chi connectivity index (χ2v) is 5.31. The lowest BCUT2D eigenvalue weighted by atomic mass is 9.86. The van der Waals surface area contributed by atoms with Gasteiger partial charge in [0.1, 0.15) is 5.84 Å². The summed E-state index contributed by atoms with van der Waals surface area (Å²) in [7, 11) is 0. The molecule has 0 amide bonds. The molecule has 4 nitrogen and oxygen atoms in total. The molecule has 0 fully saturated rings. The van der Waals surface area contributed by atoms with E-state index < -0.39 is 0 Å². The number of nitrogens with zero attached hydrogens (tertiary/aromatic N) is 2. The third-order valence-corrected chi connectivity index (χ3v) is 3.16. The van der Waals surface area contributed by atoms with Crippen LogP contribution in [0.15, 0.2) is 5.16 Å². The zero-order valence-electron chi connectivity index (χ0n) is 11.9. The molecule has 0 atom stereocenters. The Kier molecular flexibility index (Phi) is 7.96. The Morgan fingerprint density at radius 1 is 1.18 bits per heavy atom. The maximum atomic E-state index is 8.70. The van der Waals surface area contributed by atoms with Crippen LogP contribution in [0.1, 0.15) is 53.4 Å². The summed E-state index contributed by atoms with van der Waals surface area (Å²) in [6.45, 7) is 11.9. The number of hydrogen-bond donors (Lipinski definition) is 2. The molecule has 0 saturated carbocycles. The van der Waals surface area contributed by atoms with E-state index in [9.17, 15) is 0 Å². The van der Waals surface area contributed by atoms with Gasteiger partial charge in [-0.3, -0.25) is 0 Å². The molecule has 0 heterocycles. The van der Waals surface area contributed by atoms with Crippen LogP contribution in [0.2, 0.25) is 0 Å². The first-order valence-electron chi connectivity index (χ1n) is 6.68. The van der Waals surface area contributed by atoms with Crippen molar-refractivity contribution in [1.29, 1.82) is 0 Å². The molecule has 0 saturated heterocycles. The summed E-state index contributed by atoms with van der Waals surface area (Å²) in [6, 6.07) is 0. The molecule has 17 heavy (non-hydrogen) atoms. The smallest absolute Gasteiger partial charge is 0.144 e. The minimum absolute atomic E-state index is 0.209. The van der Waals surface area contributed by atoms with Crippen LogP contribution in [0.3, 0.4) is 0 Å². The quantitative estimate of drug-likeness (QED) is 0.283. The largest absolute Gasteiger partial charge is 0.409 e. The number of nitrogens with two attached hydrogens (primary N) is 1. The Labute approximate surface area is 106 Å². The van der Waals surface area contributed by atoms with Crippen LogP contribution in [-0.2, 0) is 0 Å². The second-order valence-electron chi connectivity index (χ2n) is 5.31. The molecule has 102 valence electrons. The first-order valence-corrected chi connectivity index (χ1v) is 6.68. The molecule has 0 aliphatic carbocycles. The van der Waals surface area contributed by atoms with Gasteiger partial charge in [0.2, 0.25) is 0 Å². The fourth-order valence-electron chi connectivity index (χ4n) is 1.98. The fraction of sp³-hybridized carbons (Fsp3) is 0.923. The lowest BCUT2D eigenvalue weighted by molar-refractivity contribution is 0.255. The lowest BCUT2D eigenvalue weighted by Gasteiger charge is -2.26. The molecule has 0 aromatic carbocycles. The Morgan fingerprint density at radius 3 is 2.12 bits per heavy atom. The summed E-state index contributed by atoms with van der Waals surface area (Å²) in [6.07, 6.45) is 4.43. The fourth-order valence-corrected chi connectivity index (χ4v) is 1.98. The molecule has 0 aliphatic rings. The van der Waals surface area contributed by atoms with Gasteiger partial charge in [-0.05, 0) is 45.3 Å². The van der Waals surface area contributed by atoms with E-state index in [-0.39, 0.29) is 5.41 Å². The maximum Gasteiger partial charge on any atom is 0.144 e. The average Bonchev–Trinajstić information content (AvgIpc) is 2.28. The maximum absolute atomic E-state index is 8.70. The van der Waals surface area contributed by atoms with Crippen LogP contribution >= 0.6 is 0 Å². The number of amidine groups is 1. The predicted molar refractivity (Wildman–Crippen MR) is 73.4 cm³/mol. The molecule has 0 spiro atoms. The van der Waals surface area contributed by atoms with Crippen LogP contribution in [-0.4, -0.2) is 35.6 Å². The van der Waals surface area contributed by atoms with E-state index in [1.807, 2.05) is 13.8 Å². The van der Waals surface area contributed by atoms with Crippen LogP contribution in [0.5, 0.6) is 0 Å². The van der Waals surface area contributed by atoms with E-state index in [1.165, 1.54) is 12.8 Å². The molecule has 0 radical (unpaired) electrons. The Balaban J connectivity index is 4.02. The number of oxime groups is 1. The van der Waals surface area contributed by atoms with Gasteiger partial charge >= 0.3 is 0 Å². The molecule has 0 rings (SSSR count). The van der Waals surface area contributed by atoms with Crippen molar-refractivity contribution >= 4 is 5.84 Å². The van der Waals surface area contributed by atoms with Crippen LogP contribution in [0, 0.1) is 5.41 Å². The highest BCUT2D eigenvalue weighted by atomic mass is 16.4. The van der Waals surface area contributed by atoms with Gasteiger partial charge in [-0.15, -0.1) is 0 Å². The second kappa shape index (κ2) is 8.34. The Bertz CT molecular complexity index is 221. The standard InChI is InChI=1S/C13H29N3O/c1-5-9-16(10-6-2)11-7-8-13(3,4)12(14)15-17/h17H,5-11H2,1-4H3,(H2,14,15). The first kappa shape index (κ1) is 16.2. The van der Waals surface area contributed by atoms with Crippen molar-refractivity contribution in [2.45, 2.75) is 53.4 Å². The van der Waals surface area contributed by atoms with Gasteiger partial charge in [-0.1, -0.05) is 32.9 Å². The van der Waals surface area contributed by atoms with Gasteiger partial charge in [0, 0.05) is 5.41 Å². The molecule has 0 bridgehead atoms. The molecular weight excluding hydrogens is 214 g/mol. The van der Waals surface area contributed by atoms with Crippen molar-refractivity contribution in [2.24, 2.45) is 16.3 Å². The molecule has 0 aliphatic heterocycles. The Morgan fingerprint density at radius 2 is 1.71 bits per heavy atom. The molecule has 0 unspecified atom stereocenters. The van der Waals surface area contributed by atoms with Crippen LogP contribution in [0.4, 0.5) is 0 Å². The normalized spacial score (nSPS) is 13.4. The van der Waals surface area contributed by atoms with E-state index in [4.69, 9.17) is 10.9 Å². The van der Waals surface area contributed by atoms with Crippen molar-refractivity contribution < 1.29 is 5.21 Å². The van der Waals surface area contributed by atoms with E-state index in [1.54, 1.807) is 0 Å². The summed E-state index contributed by atoms with van der Waals surface area (Å²) in [5, 5.41) is 11.8. The summed E-state index contributed by atoms with van der Waals surface area (Å²) in [5.74, 6) is 0.329. The minimum Gasteiger partial charge on any atom is -0.409 e. The summed E-state index contributed by atoms with van der Waals surface area (Å²) < 4.78 is 0. The summed E-state index contributed by atoms with van der Waals surface area (Å²) in [4.78, 5) is 2.49. The van der Waals surface area contributed by atoms with Gasteiger partial charge in [0.05, 0.1) is 0 Å². The van der Waals surface area contributed by atoms with E-state index in [0.717, 1.165) is 32.5 Å². The average molecular weight is 243 g/mol. The van der Waals surface area contributed by atoms with Gasteiger partial charge in [-0.25, -0.2) is 0 Å². The van der Waals surface area contributed by atoms with Gasteiger partial charge in [0.15, 0.2) is 0 Å². The van der Waals surface area contributed by atoms with Crippen molar-refractivity contribution in [2.75, 3.05) is 19.6 Å². The monoisotopic (exact) mass is 243 g/mol. The summed E-state index contributed by atoms with van der Waals surface area (Å²) >= 11 is 0. The number of rotatable bonds is 9. The third-order valence-electron chi connectivity index (χ3n) is 3.16. The molecule has 4 heteroatoms. The third kappa shape index (κ3) is 6.51. The summed E-state index contributed by atoms with van der Waals surface area (Å²) in [5.41, 5.74) is 5.46. The van der Waals surface area contributed by atoms with Gasteiger partial charge in [-0.2, -0.15) is 0 Å². The number of hydrogen-bond acceptors (Lipinski definition) is 3. The highest BCUT2D eigenvalue weighted by Crippen LogP contribution is 2.22. The van der Waals surface area contributed by atoms with Crippen molar-refractivity contribution in [3.63, 3.8) is 0 Å². The predicted octanol–water partition coefficient (Wildman–Crippen LogP) is 2.66. The first-order chi connectivity index (χ1) is 7.97. The van der Waals surface area contributed by atoms with E-state index >= 15 is 0 Å². The molecule has 0 aromatic heterocycles. The minimum atomic E-state index is -0.209. The van der Waals surface area contributed by atoms with Crippen molar-refractivity contribution in [3.05, 3.63) is 0 Å². The highest BCUT2D eigenvalue weighted by Gasteiger charge is 2.23. The highest BCUT2D eigenvalue weighted by molar-refractivity contribution is 5.85. The topological polar surface area (TPSA) is 61.8 Å². The van der Waals surface area contributed by atoms with Gasteiger partial charge < -0.3 is 15.8 Å². The Hall–Kier alpha value is -0.770. The van der Waals surface area contributed by atoms with Crippen LogP contribution in [0.25, 0.3) is 0 Å². The molecule has 0 aromatic rings.